The summed E-state index contributed by atoms with van der Waals surface area (Å²) in [5, 5.41) is 9.46. The van der Waals surface area contributed by atoms with Crippen molar-refractivity contribution in [3.05, 3.63) is 18.3 Å². The Bertz CT molecular complexity index is 413. The summed E-state index contributed by atoms with van der Waals surface area (Å²) in [6, 6.07) is 0.826. The molecule has 2 atom stereocenters. The predicted molar refractivity (Wildman–Crippen MR) is 51.3 cm³/mol. The van der Waals surface area contributed by atoms with Crippen LogP contribution in [0, 0.1) is 6.08 Å². The van der Waals surface area contributed by atoms with Gasteiger partial charge in [-0.1, -0.05) is 0 Å². The molecular formula is C9H10FN3O3. The fourth-order valence-corrected chi connectivity index (χ4v) is 1.51. The molecule has 1 saturated heterocycles. The molecule has 1 aromatic rings. The lowest BCUT2D eigenvalue weighted by molar-refractivity contribution is 0.142. The molecule has 0 aliphatic carbocycles. The molecule has 86 valence electrons. The van der Waals surface area contributed by atoms with E-state index in [1.54, 1.807) is 0 Å². The zero-order chi connectivity index (χ0) is 11.7. The monoisotopic (exact) mass is 227 g/mol. The van der Waals surface area contributed by atoms with Crippen LogP contribution < -0.4 is 4.90 Å². The van der Waals surface area contributed by atoms with Crippen LogP contribution in [0.4, 0.5) is 15.0 Å². The van der Waals surface area contributed by atoms with Crippen molar-refractivity contribution in [2.75, 3.05) is 11.5 Å². The van der Waals surface area contributed by atoms with E-state index in [9.17, 15) is 14.3 Å². The number of halogens is 1. The molecule has 0 radical (unpaired) electrons. The van der Waals surface area contributed by atoms with Gasteiger partial charge in [0.1, 0.15) is 18.5 Å². The third-order valence-electron chi connectivity index (χ3n) is 2.32. The lowest BCUT2D eigenvalue weighted by atomic mass is 10.2. The van der Waals surface area contributed by atoms with Crippen LogP contribution in [0.2, 0.25) is 0 Å². The number of carbonyl (C=O) groups excluding carboxylic acids is 1. The van der Waals surface area contributed by atoms with Crippen molar-refractivity contribution in [3.8, 4) is 0 Å². The maximum Gasteiger partial charge on any atom is 0.416 e. The second-order valence-corrected chi connectivity index (χ2v) is 3.44. The number of aliphatic hydroxyl groups excluding tert-OH is 1. The molecule has 1 N–H and O–H groups in total. The van der Waals surface area contributed by atoms with Crippen molar-refractivity contribution < 1.29 is 19.0 Å². The molecule has 1 aliphatic heterocycles. The van der Waals surface area contributed by atoms with E-state index in [0.717, 1.165) is 4.90 Å². The van der Waals surface area contributed by atoms with Gasteiger partial charge in [0.15, 0.2) is 0 Å². The van der Waals surface area contributed by atoms with E-state index in [1.165, 1.54) is 19.2 Å². The Morgan fingerprint density at radius 1 is 1.75 bits per heavy atom. The fraction of sp³-hybridized carbons (Fsp3) is 0.444. The first-order chi connectivity index (χ1) is 7.59. The Kier molecular flexibility index (Phi) is 2.69. The van der Waals surface area contributed by atoms with Gasteiger partial charge in [-0.25, -0.2) is 9.78 Å². The van der Waals surface area contributed by atoms with Crippen LogP contribution in [-0.2, 0) is 4.74 Å². The zero-order valence-corrected chi connectivity index (χ0v) is 8.50. The van der Waals surface area contributed by atoms with E-state index in [1.807, 2.05) is 0 Å². The van der Waals surface area contributed by atoms with Crippen LogP contribution in [0.5, 0.6) is 0 Å². The van der Waals surface area contributed by atoms with Gasteiger partial charge < -0.3 is 9.84 Å². The highest BCUT2D eigenvalue weighted by Gasteiger charge is 2.38. The molecule has 0 spiro atoms. The van der Waals surface area contributed by atoms with Crippen molar-refractivity contribution in [2.24, 2.45) is 0 Å². The number of ether oxygens (including phenoxy) is 1. The molecule has 0 saturated carbocycles. The van der Waals surface area contributed by atoms with E-state index < -0.39 is 24.3 Å². The van der Waals surface area contributed by atoms with E-state index in [2.05, 4.69) is 9.97 Å². The average molecular weight is 227 g/mol. The Balaban J connectivity index is 2.33. The smallest absolute Gasteiger partial charge is 0.416 e. The maximum absolute atomic E-state index is 12.8. The minimum Gasteiger partial charge on any atom is -0.447 e. The lowest BCUT2D eigenvalue weighted by Crippen LogP contribution is -2.41. The van der Waals surface area contributed by atoms with Gasteiger partial charge in [-0.2, -0.15) is 9.37 Å². The Hall–Kier alpha value is -1.76. The van der Waals surface area contributed by atoms with Gasteiger partial charge >= 0.3 is 12.2 Å². The minimum absolute atomic E-state index is 0.0577. The molecule has 0 unspecified atom stereocenters. The summed E-state index contributed by atoms with van der Waals surface area (Å²) in [5.41, 5.74) is 0. The van der Waals surface area contributed by atoms with Crippen LogP contribution in [0.15, 0.2) is 12.3 Å². The largest absolute Gasteiger partial charge is 0.447 e. The standard InChI is InChI=1S/C9H10FN3O3/c1-5(14)6-4-16-9(15)13(6)7-2-3-11-8(10)12-7/h2-3,5-6,14H,4H2,1H3/t5-,6+/m0/s1. The third kappa shape index (κ3) is 1.81. The summed E-state index contributed by atoms with van der Waals surface area (Å²) in [5.74, 6) is 0.0842. The van der Waals surface area contributed by atoms with Crippen molar-refractivity contribution in [1.82, 2.24) is 9.97 Å². The topological polar surface area (TPSA) is 75.6 Å². The van der Waals surface area contributed by atoms with Gasteiger partial charge in [-0.15, -0.1) is 0 Å². The summed E-state index contributed by atoms with van der Waals surface area (Å²) in [6.45, 7) is 1.58. The van der Waals surface area contributed by atoms with Crippen LogP contribution >= 0.6 is 0 Å². The molecule has 1 aliphatic rings. The number of carbonyl (C=O) groups is 1. The molecule has 2 rings (SSSR count). The second kappa shape index (κ2) is 4.01. The number of hydrogen-bond acceptors (Lipinski definition) is 5. The molecule has 1 fully saturated rings. The summed E-state index contributed by atoms with van der Waals surface area (Å²) < 4.78 is 17.6. The first-order valence-electron chi connectivity index (χ1n) is 4.72. The molecular weight excluding hydrogens is 217 g/mol. The highest BCUT2D eigenvalue weighted by Crippen LogP contribution is 2.22. The number of aliphatic hydroxyl groups is 1. The van der Waals surface area contributed by atoms with E-state index in [-0.39, 0.29) is 12.4 Å². The van der Waals surface area contributed by atoms with Gasteiger partial charge in [-0.3, -0.25) is 4.90 Å². The highest BCUT2D eigenvalue weighted by molar-refractivity contribution is 5.89. The molecule has 6 nitrogen and oxygen atoms in total. The van der Waals surface area contributed by atoms with Gasteiger partial charge in [0.05, 0.1) is 6.10 Å². The SMILES string of the molecule is C[C@H](O)[C@H]1COC(=O)N1c1ccnc(F)n1. The van der Waals surface area contributed by atoms with Crippen LogP contribution in [0.3, 0.4) is 0 Å². The van der Waals surface area contributed by atoms with Crippen LogP contribution in [-0.4, -0.2) is 39.9 Å². The van der Waals surface area contributed by atoms with Gasteiger partial charge in [0.25, 0.3) is 0 Å². The minimum atomic E-state index is -0.929. The third-order valence-corrected chi connectivity index (χ3v) is 2.32. The molecule has 1 amide bonds. The summed E-state index contributed by atoms with van der Waals surface area (Å²) in [7, 11) is 0. The molecule has 1 aromatic heterocycles. The molecule has 7 heteroatoms. The number of hydrogen-bond donors (Lipinski definition) is 1. The second-order valence-electron chi connectivity index (χ2n) is 3.44. The van der Waals surface area contributed by atoms with Gasteiger partial charge in [-0.05, 0) is 13.0 Å². The first-order valence-corrected chi connectivity index (χ1v) is 4.72. The van der Waals surface area contributed by atoms with Gasteiger partial charge in [0, 0.05) is 6.20 Å². The van der Waals surface area contributed by atoms with Crippen molar-refractivity contribution >= 4 is 11.9 Å². The summed E-state index contributed by atoms with van der Waals surface area (Å²) in [6.07, 6.45) is -1.17. The Labute approximate surface area is 90.7 Å². The average Bonchev–Trinajstić information content (AvgIpc) is 2.60. The normalized spacial score (nSPS) is 22.1. The van der Waals surface area contributed by atoms with Gasteiger partial charge in [0.2, 0.25) is 0 Å². The van der Waals surface area contributed by atoms with E-state index in [4.69, 9.17) is 4.74 Å². The number of rotatable bonds is 2. The Morgan fingerprint density at radius 3 is 3.12 bits per heavy atom. The highest BCUT2D eigenvalue weighted by atomic mass is 19.1. The number of cyclic esters (lactones) is 1. The first kappa shape index (κ1) is 10.7. The predicted octanol–water partition coefficient (Wildman–Crippen LogP) is 0.322. The summed E-state index contributed by atoms with van der Waals surface area (Å²) in [4.78, 5) is 19.3. The molecule has 2 heterocycles. The van der Waals surface area contributed by atoms with Crippen molar-refractivity contribution in [3.63, 3.8) is 0 Å². The van der Waals surface area contributed by atoms with Crippen LogP contribution in [0.1, 0.15) is 6.92 Å². The fourth-order valence-electron chi connectivity index (χ4n) is 1.51. The van der Waals surface area contributed by atoms with Crippen molar-refractivity contribution in [1.29, 1.82) is 0 Å². The number of nitrogens with zero attached hydrogens (tertiary/aromatic N) is 3. The molecule has 16 heavy (non-hydrogen) atoms. The van der Waals surface area contributed by atoms with E-state index in [0.29, 0.717) is 0 Å². The molecule has 0 bridgehead atoms. The molecule has 0 aromatic carbocycles. The Morgan fingerprint density at radius 2 is 2.50 bits per heavy atom. The van der Waals surface area contributed by atoms with Crippen LogP contribution in [0.25, 0.3) is 0 Å². The number of aromatic nitrogens is 2. The van der Waals surface area contributed by atoms with Crippen molar-refractivity contribution in [2.45, 2.75) is 19.1 Å². The van der Waals surface area contributed by atoms with E-state index >= 15 is 0 Å². The number of amides is 1. The zero-order valence-electron chi connectivity index (χ0n) is 8.50. The number of anilines is 1. The lowest BCUT2D eigenvalue weighted by Gasteiger charge is -2.21. The summed E-state index contributed by atoms with van der Waals surface area (Å²) >= 11 is 0. The maximum atomic E-state index is 12.8. The quantitative estimate of drug-likeness (QED) is 0.736.